The van der Waals surface area contributed by atoms with Crippen molar-refractivity contribution in [2.45, 2.75) is 32.7 Å². The zero-order valence-electron chi connectivity index (χ0n) is 13.6. The molecule has 0 spiro atoms. The molecule has 1 aliphatic rings. The van der Waals surface area contributed by atoms with E-state index in [2.05, 4.69) is 42.0 Å². The quantitative estimate of drug-likeness (QED) is 0.847. The topological polar surface area (TPSA) is 51.1 Å². The van der Waals surface area contributed by atoms with E-state index in [4.69, 9.17) is 5.26 Å². The van der Waals surface area contributed by atoms with Gasteiger partial charge in [-0.05, 0) is 43.0 Å². The monoisotopic (exact) mass is 298 g/mol. The van der Waals surface area contributed by atoms with E-state index in [1.807, 2.05) is 12.1 Å². The summed E-state index contributed by atoms with van der Waals surface area (Å²) in [6.07, 6.45) is 2.31. The van der Waals surface area contributed by atoms with Crippen LogP contribution in [0.4, 0.5) is 5.69 Å². The van der Waals surface area contributed by atoms with Crippen molar-refractivity contribution in [3.63, 3.8) is 0 Å². The smallest absolute Gasteiger partial charge is 0.0991 e. The lowest BCUT2D eigenvalue weighted by Gasteiger charge is -2.34. The van der Waals surface area contributed by atoms with Gasteiger partial charge in [0.2, 0.25) is 0 Å². The molecular weight excluding hydrogens is 272 g/mol. The molecule has 118 valence electrons. The maximum absolute atomic E-state index is 8.80. The molecule has 0 saturated carbocycles. The van der Waals surface area contributed by atoms with Gasteiger partial charge in [-0.15, -0.1) is 0 Å². The normalized spacial score (nSPS) is 16.3. The van der Waals surface area contributed by atoms with Crippen LogP contribution < -0.4 is 10.6 Å². The van der Waals surface area contributed by atoms with Gasteiger partial charge in [0.25, 0.3) is 0 Å². The van der Waals surface area contributed by atoms with Gasteiger partial charge >= 0.3 is 0 Å². The lowest BCUT2D eigenvalue weighted by Crippen LogP contribution is -2.43. The Balaban J connectivity index is 1.75. The summed E-state index contributed by atoms with van der Waals surface area (Å²) in [5, 5.41) is 15.5. The fraction of sp³-hybridized carbons (Fsp3) is 0.500. The molecular formula is C18H26N4. The number of rotatable bonds is 6. The molecule has 1 heterocycles. The molecule has 1 aliphatic heterocycles. The summed E-state index contributed by atoms with van der Waals surface area (Å²) in [5.74, 6) is 1.56. The van der Waals surface area contributed by atoms with Gasteiger partial charge in [-0.1, -0.05) is 20.4 Å². The van der Waals surface area contributed by atoms with Crippen LogP contribution in [0.2, 0.25) is 0 Å². The maximum atomic E-state index is 8.80. The van der Waals surface area contributed by atoms with Gasteiger partial charge in [0.15, 0.2) is 0 Å². The van der Waals surface area contributed by atoms with Crippen LogP contribution in [0, 0.1) is 17.2 Å². The molecule has 0 unspecified atom stereocenters. The van der Waals surface area contributed by atoms with Gasteiger partial charge in [-0.25, -0.2) is 0 Å². The number of hydrogen-bond donors (Lipinski definition) is 2. The third kappa shape index (κ3) is 5.09. The van der Waals surface area contributed by atoms with Gasteiger partial charge in [0.05, 0.1) is 17.5 Å². The van der Waals surface area contributed by atoms with E-state index in [1.165, 1.54) is 6.54 Å². The highest BCUT2D eigenvalue weighted by Crippen LogP contribution is 2.14. The average Bonchev–Trinajstić information content (AvgIpc) is 2.49. The maximum Gasteiger partial charge on any atom is 0.0991 e. The molecule has 0 aliphatic carbocycles. The largest absolute Gasteiger partial charge is 0.369 e. The Bertz CT molecular complexity index is 519. The van der Waals surface area contributed by atoms with Gasteiger partial charge < -0.3 is 15.5 Å². The predicted octanol–water partition coefficient (Wildman–Crippen LogP) is 3.15. The molecule has 2 N–H and O–H groups in total. The van der Waals surface area contributed by atoms with Crippen LogP contribution in [0.25, 0.3) is 0 Å². The number of nitrogens with one attached hydrogen (secondary N) is 2. The third-order valence-electron chi connectivity index (χ3n) is 3.90. The Morgan fingerprint density at radius 3 is 2.50 bits per heavy atom. The number of benzene rings is 1. The van der Waals surface area contributed by atoms with E-state index in [0.29, 0.717) is 11.6 Å². The van der Waals surface area contributed by atoms with E-state index in [9.17, 15) is 0 Å². The first-order chi connectivity index (χ1) is 10.6. The first-order valence-corrected chi connectivity index (χ1v) is 8.02. The van der Waals surface area contributed by atoms with Crippen LogP contribution in [-0.4, -0.2) is 30.6 Å². The van der Waals surface area contributed by atoms with E-state index < -0.39 is 0 Å². The van der Waals surface area contributed by atoms with Crippen molar-refractivity contribution >= 4 is 5.69 Å². The number of likely N-dealkylation sites (tertiary alicyclic amines) is 1. The molecule has 0 radical (unpaired) electrons. The van der Waals surface area contributed by atoms with Crippen molar-refractivity contribution in [1.29, 1.82) is 5.26 Å². The second-order valence-corrected chi connectivity index (χ2v) is 6.41. The second kappa shape index (κ2) is 7.86. The summed E-state index contributed by atoms with van der Waals surface area (Å²) >= 11 is 0. The Morgan fingerprint density at radius 2 is 1.95 bits per heavy atom. The number of anilines is 1. The summed E-state index contributed by atoms with van der Waals surface area (Å²) in [4.78, 5) is 2.54. The first kappa shape index (κ1) is 16.4. The zero-order valence-corrected chi connectivity index (χ0v) is 13.6. The van der Waals surface area contributed by atoms with E-state index in [-0.39, 0.29) is 0 Å². The second-order valence-electron chi connectivity index (χ2n) is 6.41. The number of nitrogens with zero attached hydrogens (tertiary/aromatic N) is 2. The Kier molecular flexibility index (Phi) is 5.85. The highest BCUT2D eigenvalue weighted by Gasteiger charge is 2.19. The fourth-order valence-corrected chi connectivity index (χ4v) is 2.86. The zero-order chi connectivity index (χ0) is 15.9. The standard InChI is InChI=1S/C18H26N4/c1-14(2)13-22-10-8-18(9-11-22)21-15(3)20-17-6-4-16(12-19)5-7-17/h4-7,14,18,20-21H,3,8-11,13H2,1-2H3. The molecule has 4 nitrogen and oxygen atoms in total. The van der Waals surface area contributed by atoms with Crippen molar-refractivity contribution in [3.8, 4) is 6.07 Å². The summed E-state index contributed by atoms with van der Waals surface area (Å²) < 4.78 is 0. The van der Waals surface area contributed by atoms with Crippen LogP contribution >= 0.6 is 0 Å². The van der Waals surface area contributed by atoms with Crippen molar-refractivity contribution in [1.82, 2.24) is 10.2 Å². The minimum absolute atomic E-state index is 0.488. The van der Waals surface area contributed by atoms with Gasteiger partial charge in [0.1, 0.15) is 0 Å². The molecule has 1 fully saturated rings. The lowest BCUT2D eigenvalue weighted by molar-refractivity contribution is 0.184. The molecule has 4 heteroatoms. The Hall–Kier alpha value is -1.99. The molecule has 1 saturated heterocycles. The molecule has 0 atom stereocenters. The van der Waals surface area contributed by atoms with Crippen LogP contribution in [0.1, 0.15) is 32.3 Å². The number of nitriles is 1. The number of piperidine rings is 1. The lowest BCUT2D eigenvalue weighted by atomic mass is 10.0. The summed E-state index contributed by atoms with van der Waals surface area (Å²) in [6.45, 7) is 12.1. The summed E-state index contributed by atoms with van der Waals surface area (Å²) in [7, 11) is 0. The van der Waals surface area contributed by atoms with Gasteiger partial charge in [0, 0.05) is 31.4 Å². The highest BCUT2D eigenvalue weighted by molar-refractivity contribution is 5.50. The van der Waals surface area contributed by atoms with Crippen LogP contribution in [0.15, 0.2) is 36.7 Å². The third-order valence-corrected chi connectivity index (χ3v) is 3.90. The molecule has 1 aromatic rings. The molecule has 22 heavy (non-hydrogen) atoms. The Morgan fingerprint density at radius 1 is 1.32 bits per heavy atom. The van der Waals surface area contributed by atoms with Crippen molar-refractivity contribution < 1.29 is 0 Å². The SMILES string of the molecule is C=C(Nc1ccc(C#N)cc1)NC1CCN(CC(C)C)CC1. The minimum atomic E-state index is 0.488. The van der Waals surface area contributed by atoms with Crippen molar-refractivity contribution in [2.75, 3.05) is 25.0 Å². The first-order valence-electron chi connectivity index (χ1n) is 8.02. The van der Waals surface area contributed by atoms with Crippen LogP contribution in [0.3, 0.4) is 0 Å². The van der Waals surface area contributed by atoms with Gasteiger partial charge in [-0.2, -0.15) is 5.26 Å². The average molecular weight is 298 g/mol. The number of hydrogen-bond acceptors (Lipinski definition) is 4. The fourth-order valence-electron chi connectivity index (χ4n) is 2.86. The molecule has 2 rings (SSSR count). The van der Waals surface area contributed by atoms with E-state index >= 15 is 0 Å². The Labute approximate surface area is 133 Å². The molecule has 1 aromatic carbocycles. The summed E-state index contributed by atoms with van der Waals surface area (Å²) in [6, 6.07) is 10.0. The minimum Gasteiger partial charge on any atom is -0.369 e. The van der Waals surface area contributed by atoms with E-state index in [0.717, 1.165) is 43.4 Å². The molecule has 0 amide bonds. The molecule has 0 bridgehead atoms. The van der Waals surface area contributed by atoms with Crippen molar-refractivity contribution in [2.24, 2.45) is 5.92 Å². The van der Waals surface area contributed by atoms with Gasteiger partial charge in [-0.3, -0.25) is 0 Å². The van der Waals surface area contributed by atoms with Crippen LogP contribution in [-0.2, 0) is 0 Å². The highest BCUT2D eigenvalue weighted by atomic mass is 15.2. The molecule has 0 aromatic heterocycles. The predicted molar refractivity (Wildman–Crippen MR) is 91.4 cm³/mol. The van der Waals surface area contributed by atoms with E-state index in [1.54, 1.807) is 12.1 Å². The van der Waals surface area contributed by atoms with Crippen molar-refractivity contribution in [3.05, 3.63) is 42.2 Å². The van der Waals surface area contributed by atoms with Crippen LogP contribution in [0.5, 0.6) is 0 Å². The summed E-state index contributed by atoms with van der Waals surface area (Å²) in [5.41, 5.74) is 1.62.